The van der Waals surface area contributed by atoms with Gasteiger partial charge in [-0.05, 0) is 30.9 Å². The number of nitrogens with zero attached hydrogens (tertiary/aromatic N) is 1. The summed E-state index contributed by atoms with van der Waals surface area (Å²) in [6.45, 7) is 5.20. The zero-order valence-corrected chi connectivity index (χ0v) is 10.1. The molecule has 16 heavy (non-hydrogen) atoms. The van der Waals surface area contributed by atoms with E-state index in [4.69, 9.17) is 5.26 Å². The van der Waals surface area contributed by atoms with Crippen molar-refractivity contribution in [2.75, 3.05) is 6.54 Å². The minimum absolute atomic E-state index is 0.0323. The number of rotatable bonds is 6. The quantitative estimate of drug-likeness (QED) is 0.793. The second kappa shape index (κ2) is 7.03. The van der Waals surface area contributed by atoms with Gasteiger partial charge in [0.15, 0.2) is 0 Å². The van der Waals surface area contributed by atoms with Crippen LogP contribution in [-0.4, -0.2) is 12.6 Å². The standard InChI is InChI=1S/C14H20N2/c1-3-9-16-14(11-15)10-12(2)13-7-5-4-6-8-13/h4-8,12,14,16H,3,9-10H2,1-2H3. The van der Waals surface area contributed by atoms with Gasteiger partial charge in [-0.1, -0.05) is 44.2 Å². The Balaban J connectivity index is 2.50. The Bertz CT molecular complexity index is 326. The van der Waals surface area contributed by atoms with Crippen LogP contribution in [0.25, 0.3) is 0 Å². The van der Waals surface area contributed by atoms with Crippen LogP contribution in [0.4, 0.5) is 0 Å². The molecule has 0 aliphatic heterocycles. The Hall–Kier alpha value is -1.33. The fourth-order valence-corrected chi connectivity index (χ4v) is 1.77. The van der Waals surface area contributed by atoms with Gasteiger partial charge in [-0.2, -0.15) is 5.26 Å². The molecule has 1 aromatic rings. The number of hydrogen-bond acceptors (Lipinski definition) is 2. The molecule has 0 saturated heterocycles. The van der Waals surface area contributed by atoms with E-state index in [0.717, 1.165) is 19.4 Å². The fraction of sp³-hybridized carbons (Fsp3) is 0.500. The highest BCUT2D eigenvalue weighted by Gasteiger charge is 2.12. The van der Waals surface area contributed by atoms with Crippen LogP contribution in [0, 0.1) is 11.3 Å². The lowest BCUT2D eigenvalue weighted by Gasteiger charge is -2.16. The molecule has 0 aliphatic rings. The lowest BCUT2D eigenvalue weighted by atomic mass is 9.94. The van der Waals surface area contributed by atoms with E-state index in [0.29, 0.717) is 5.92 Å². The van der Waals surface area contributed by atoms with E-state index in [2.05, 4.69) is 37.4 Å². The minimum Gasteiger partial charge on any atom is -0.302 e. The lowest BCUT2D eigenvalue weighted by molar-refractivity contribution is 0.521. The van der Waals surface area contributed by atoms with E-state index in [1.54, 1.807) is 0 Å². The smallest absolute Gasteiger partial charge is 0.0958 e. The summed E-state index contributed by atoms with van der Waals surface area (Å²) in [7, 11) is 0. The first-order valence-corrected chi connectivity index (χ1v) is 5.95. The van der Waals surface area contributed by atoms with Crippen molar-refractivity contribution >= 4 is 0 Å². The predicted octanol–water partition coefficient (Wildman–Crippen LogP) is 3.07. The van der Waals surface area contributed by atoms with Crippen molar-refractivity contribution in [2.24, 2.45) is 0 Å². The van der Waals surface area contributed by atoms with Gasteiger partial charge >= 0.3 is 0 Å². The van der Waals surface area contributed by atoms with Gasteiger partial charge in [-0.15, -0.1) is 0 Å². The summed E-state index contributed by atoms with van der Waals surface area (Å²) >= 11 is 0. The molecule has 0 amide bonds. The van der Waals surface area contributed by atoms with Gasteiger partial charge in [0, 0.05) is 0 Å². The van der Waals surface area contributed by atoms with Crippen molar-refractivity contribution in [2.45, 2.75) is 38.6 Å². The van der Waals surface area contributed by atoms with Gasteiger partial charge in [-0.3, -0.25) is 0 Å². The highest BCUT2D eigenvalue weighted by atomic mass is 14.9. The third-order valence-electron chi connectivity index (χ3n) is 2.75. The molecule has 2 atom stereocenters. The Morgan fingerprint density at radius 1 is 1.31 bits per heavy atom. The van der Waals surface area contributed by atoms with Crippen molar-refractivity contribution in [3.63, 3.8) is 0 Å². The third-order valence-corrected chi connectivity index (χ3v) is 2.75. The molecular weight excluding hydrogens is 196 g/mol. The van der Waals surface area contributed by atoms with Crippen molar-refractivity contribution in [3.05, 3.63) is 35.9 Å². The van der Waals surface area contributed by atoms with E-state index < -0.39 is 0 Å². The van der Waals surface area contributed by atoms with Gasteiger partial charge in [0.25, 0.3) is 0 Å². The molecule has 0 heterocycles. The fourth-order valence-electron chi connectivity index (χ4n) is 1.77. The van der Waals surface area contributed by atoms with Gasteiger partial charge in [0.2, 0.25) is 0 Å². The highest BCUT2D eigenvalue weighted by molar-refractivity contribution is 5.19. The molecule has 0 aromatic heterocycles. The topological polar surface area (TPSA) is 35.8 Å². The van der Waals surface area contributed by atoms with Crippen LogP contribution in [0.5, 0.6) is 0 Å². The molecule has 0 bridgehead atoms. The average molecular weight is 216 g/mol. The molecule has 0 spiro atoms. The summed E-state index contributed by atoms with van der Waals surface area (Å²) in [5.74, 6) is 0.426. The Labute approximate surface area is 98.3 Å². The van der Waals surface area contributed by atoms with Gasteiger partial charge < -0.3 is 5.32 Å². The highest BCUT2D eigenvalue weighted by Crippen LogP contribution is 2.19. The SMILES string of the molecule is CCCNC(C#N)CC(C)c1ccccc1. The summed E-state index contributed by atoms with van der Waals surface area (Å²) in [6, 6.07) is 12.7. The minimum atomic E-state index is -0.0323. The van der Waals surface area contributed by atoms with Crippen molar-refractivity contribution in [1.29, 1.82) is 5.26 Å². The average Bonchev–Trinajstić information content (AvgIpc) is 2.35. The maximum absolute atomic E-state index is 9.04. The molecule has 0 saturated carbocycles. The number of nitrogens with one attached hydrogen (secondary N) is 1. The van der Waals surface area contributed by atoms with E-state index >= 15 is 0 Å². The Morgan fingerprint density at radius 2 is 2.00 bits per heavy atom. The lowest BCUT2D eigenvalue weighted by Crippen LogP contribution is -2.29. The van der Waals surface area contributed by atoms with E-state index in [9.17, 15) is 0 Å². The molecule has 0 aliphatic carbocycles. The molecule has 2 heteroatoms. The molecule has 86 valence electrons. The van der Waals surface area contributed by atoms with Gasteiger partial charge in [-0.25, -0.2) is 0 Å². The first-order chi connectivity index (χ1) is 7.77. The molecule has 0 radical (unpaired) electrons. The summed E-state index contributed by atoms with van der Waals surface area (Å²) in [4.78, 5) is 0. The molecule has 1 rings (SSSR count). The number of nitriles is 1. The van der Waals surface area contributed by atoms with Crippen LogP contribution < -0.4 is 5.32 Å². The molecule has 2 unspecified atom stereocenters. The van der Waals surface area contributed by atoms with Crippen LogP contribution in [-0.2, 0) is 0 Å². The summed E-state index contributed by atoms with van der Waals surface area (Å²) in [5, 5.41) is 12.3. The second-order valence-corrected chi connectivity index (χ2v) is 4.18. The molecule has 2 nitrogen and oxygen atoms in total. The normalized spacial score (nSPS) is 14.1. The largest absolute Gasteiger partial charge is 0.302 e. The van der Waals surface area contributed by atoms with E-state index in [1.807, 2.05) is 18.2 Å². The van der Waals surface area contributed by atoms with Crippen LogP contribution in [0.2, 0.25) is 0 Å². The van der Waals surface area contributed by atoms with Crippen LogP contribution in [0.3, 0.4) is 0 Å². The maximum atomic E-state index is 9.04. The zero-order chi connectivity index (χ0) is 11.8. The number of benzene rings is 1. The third kappa shape index (κ3) is 4.04. The predicted molar refractivity (Wildman–Crippen MR) is 67.2 cm³/mol. The van der Waals surface area contributed by atoms with Crippen LogP contribution in [0.1, 0.15) is 38.2 Å². The number of hydrogen-bond donors (Lipinski definition) is 1. The van der Waals surface area contributed by atoms with Crippen molar-refractivity contribution in [3.8, 4) is 6.07 Å². The summed E-state index contributed by atoms with van der Waals surface area (Å²) < 4.78 is 0. The molecule has 1 N–H and O–H groups in total. The van der Waals surface area contributed by atoms with Crippen LogP contribution >= 0.6 is 0 Å². The van der Waals surface area contributed by atoms with Crippen molar-refractivity contribution in [1.82, 2.24) is 5.32 Å². The maximum Gasteiger partial charge on any atom is 0.0958 e. The zero-order valence-electron chi connectivity index (χ0n) is 10.1. The summed E-state index contributed by atoms with van der Waals surface area (Å²) in [6.07, 6.45) is 1.94. The van der Waals surface area contributed by atoms with Crippen LogP contribution in [0.15, 0.2) is 30.3 Å². The van der Waals surface area contributed by atoms with E-state index in [-0.39, 0.29) is 6.04 Å². The first kappa shape index (κ1) is 12.7. The van der Waals surface area contributed by atoms with Crippen molar-refractivity contribution < 1.29 is 0 Å². The Kier molecular flexibility index (Phi) is 5.60. The van der Waals surface area contributed by atoms with E-state index in [1.165, 1.54) is 5.56 Å². The van der Waals surface area contributed by atoms with Gasteiger partial charge in [0.05, 0.1) is 12.1 Å². The second-order valence-electron chi connectivity index (χ2n) is 4.18. The summed E-state index contributed by atoms with van der Waals surface area (Å²) in [5.41, 5.74) is 1.31. The molecule has 0 fully saturated rings. The monoisotopic (exact) mass is 216 g/mol. The molecule has 1 aromatic carbocycles. The molecular formula is C14H20N2. The van der Waals surface area contributed by atoms with Gasteiger partial charge in [0.1, 0.15) is 0 Å². The first-order valence-electron chi connectivity index (χ1n) is 5.95. The Morgan fingerprint density at radius 3 is 2.56 bits per heavy atom.